The van der Waals surface area contributed by atoms with Gasteiger partial charge < -0.3 is 16.6 Å². The Bertz CT molecular complexity index is 738. The maximum absolute atomic E-state index is 14.4. The number of hydrogen-bond donors (Lipinski definition) is 3. The third kappa shape index (κ3) is 2.78. The number of aromatic carboxylic acids is 1. The molecule has 2 aromatic rings. The van der Waals surface area contributed by atoms with Gasteiger partial charge in [-0.15, -0.1) is 0 Å². The zero-order chi connectivity index (χ0) is 15.7. The van der Waals surface area contributed by atoms with Crippen molar-refractivity contribution in [3.8, 4) is 11.3 Å². The second-order valence-corrected chi connectivity index (χ2v) is 4.94. The fourth-order valence-electron chi connectivity index (χ4n) is 1.81. The largest absolute Gasteiger partial charge is 0.476 e. The lowest BCUT2D eigenvalue weighted by Gasteiger charge is -2.11. The number of aromatic nitrogens is 1. The van der Waals surface area contributed by atoms with E-state index in [4.69, 9.17) is 39.8 Å². The number of halogens is 3. The van der Waals surface area contributed by atoms with E-state index in [1.54, 1.807) is 0 Å². The lowest BCUT2D eigenvalue weighted by Crippen LogP contribution is -2.07. The topological polar surface area (TPSA) is 102 Å². The van der Waals surface area contributed by atoms with Crippen LogP contribution in [0, 0.1) is 5.82 Å². The normalized spacial score (nSPS) is 10.7. The van der Waals surface area contributed by atoms with E-state index in [9.17, 15) is 9.18 Å². The van der Waals surface area contributed by atoms with Crippen LogP contribution in [0.4, 0.5) is 10.1 Å². The van der Waals surface area contributed by atoms with Gasteiger partial charge in [-0.3, -0.25) is 0 Å². The molecule has 0 aliphatic heterocycles. The fraction of sp³-hybridized carbons (Fsp3) is 0.0769. The summed E-state index contributed by atoms with van der Waals surface area (Å²) in [6.45, 7) is -0.104. The molecule has 0 bridgehead atoms. The summed E-state index contributed by atoms with van der Waals surface area (Å²) < 4.78 is 14.4. The van der Waals surface area contributed by atoms with E-state index < -0.39 is 17.5 Å². The average molecular weight is 330 g/mol. The van der Waals surface area contributed by atoms with Gasteiger partial charge in [0.05, 0.1) is 16.4 Å². The van der Waals surface area contributed by atoms with Gasteiger partial charge in [-0.1, -0.05) is 23.2 Å². The van der Waals surface area contributed by atoms with Crippen molar-refractivity contribution in [2.45, 2.75) is 6.54 Å². The van der Waals surface area contributed by atoms with Crippen LogP contribution < -0.4 is 11.5 Å². The molecule has 0 aliphatic rings. The van der Waals surface area contributed by atoms with Gasteiger partial charge in [-0.2, -0.15) is 0 Å². The van der Waals surface area contributed by atoms with Crippen LogP contribution in [0.2, 0.25) is 10.0 Å². The number of nitrogens with two attached hydrogens (primary N) is 2. The zero-order valence-electron chi connectivity index (χ0n) is 10.5. The quantitative estimate of drug-likeness (QED) is 0.803. The number of anilines is 1. The Hall–Kier alpha value is -1.89. The van der Waals surface area contributed by atoms with Crippen molar-refractivity contribution in [3.05, 3.63) is 45.3 Å². The molecule has 2 rings (SSSR count). The molecule has 0 fully saturated rings. The molecular weight excluding hydrogens is 320 g/mol. The molecule has 8 heteroatoms. The second-order valence-electron chi connectivity index (χ2n) is 4.16. The van der Waals surface area contributed by atoms with E-state index in [1.165, 1.54) is 18.2 Å². The second kappa shape index (κ2) is 5.85. The predicted molar refractivity (Wildman–Crippen MR) is 78.9 cm³/mol. The number of hydrogen-bond acceptors (Lipinski definition) is 4. The molecule has 0 spiro atoms. The summed E-state index contributed by atoms with van der Waals surface area (Å²) in [4.78, 5) is 14.9. The Morgan fingerprint density at radius 3 is 2.62 bits per heavy atom. The molecule has 110 valence electrons. The number of nitrogens with zero attached hydrogens (tertiary/aromatic N) is 1. The van der Waals surface area contributed by atoms with Crippen LogP contribution in [0.5, 0.6) is 0 Å². The number of carboxylic acid groups (broad SMARTS) is 1. The summed E-state index contributed by atoms with van der Waals surface area (Å²) in [5.41, 5.74) is 10.8. The third-order valence-corrected chi connectivity index (χ3v) is 3.61. The van der Waals surface area contributed by atoms with Crippen molar-refractivity contribution in [1.29, 1.82) is 0 Å². The smallest absolute Gasteiger partial charge is 0.356 e. The van der Waals surface area contributed by atoms with E-state index in [0.717, 1.165) is 0 Å². The van der Waals surface area contributed by atoms with Gasteiger partial charge in [0.15, 0.2) is 5.69 Å². The molecule has 1 heterocycles. The highest BCUT2D eigenvalue weighted by atomic mass is 35.5. The van der Waals surface area contributed by atoms with E-state index in [-0.39, 0.29) is 39.1 Å². The minimum absolute atomic E-state index is 0.0114. The molecule has 0 saturated carbocycles. The SMILES string of the molecule is NCc1c(Cl)ccc(-c2cc(N)c(Cl)c(C(=O)O)n2)c1F. The Morgan fingerprint density at radius 2 is 2.05 bits per heavy atom. The molecule has 5 nitrogen and oxygen atoms in total. The van der Waals surface area contributed by atoms with Crippen molar-refractivity contribution in [2.24, 2.45) is 5.73 Å². The molecule has 0 saturated heterocycles. The molecule has 1 aromatic heterocycles. The van der Waals surface area contributed by atoms with Crippen molar-refractivity contribution in [3.63, 3.8) is 0 Å². The highest BCUT2D eigenvalue weighted by Gasteiger charge is 2.19. The Balaban J connectivity index is 2.71. The number of benzene rings is 1. The number of rotatable bonds is 3. The first kappa shape index (κ1) is 15.5. The predicted octanol–water partition coefficient (Wildman–Crippen LogP) is 2.93. The summed E-state index contributed by atoms with van der Waals surface area (Å²) >= 11 is 11.6. The lowest BCUT2D eigenvalue weighted by atomic mass is 10.1. The number of carbonyl (C=O) groups is 1. The summed E-state index contributed by atoms with van der Waals surface area (Å²) in [5.74, 6) is -2.03. The maximum Gasteiger partial charge on any atom is 0.356 e. The van der Waals surface area contributed by atoms with Gasteiger partial charge >= 0.3 is 5.97 Å². The monoisotopic (exact) mass is 329 g/mol. The molecule has 0 unspecified atom stereocenters. The molecule has 0 atom stereocenters. The van der Waals surface area contributed by atoms with Gasteiger partial charge in [0, 0.05) is 22.7 Å². The standard InChI is InChI=1S/C13H10Cl2FN3O2/c14-7-2-1-5(11(16)6(7)4-17)9-3-8(18)10(15)12(19-9)13(20)21/h1-3H,4,17H2,(H2,18,19)(H,20,21). The van der Waals surface area contributed by atoms with Gasteiger partial charge in [0.2, 0.25) is 0 Å². The van der Waals surface area contributed by atoms with Gasteiger partial charge in [0.1, 0.15) is 5.82 Å². The minimum Gasteiger partial charge on any atom is -0.476 e. The number of pyridine rings is 1. The van der Waals surface area contributed by atoms with Crippen LogP contribution in [-0.2, 0) is 6.54 Å². The minimum atomic E-state index is -1.36. The molecular formula is C13H10Cl2FN3O2. The van der Waals surface area contributed by atoms with Crippen molar-refractivity contribution >= 4 is 34.9 Å². The van der Waals surface area contributed by atoms with E-state index in [2.05, 4.69) is 4.98 Å². The van der Waals surface area contributed by atoms with Crippen LogP contribution in [0.25, 0.3) is 11.3 Å². The van der Waals surface area contributed by atoms with Gasteiger partial charge in [0.25, 0.3) is 0 Å². The van der Waals surface area contributed by atoms with E-state index in [1.807, 2.05) is 0 Å². The number of nitrogen functional groups attached to an aromatic ring is 1. The molecule has 5 N–H and O–H groups in total. The third-order valence-electron chi connectivity index (χ3n) is 2.85. The van der Waals surface area contributed by atoms with Crippen LogP contribution >= 0.6 is 23.2 Å². The first-order valence-corrected chi connectivity index (χ1v) is 6.49. The molecule has 0 amide bonds. The molecule has 0 aliphatic carbocycles. The summed E-state index contributed by atoms with van der Waals surface area (Å²) in [5, 5.41) is 9.02. The van der Waals surface area contributed by atoms with Crippen molar-refractivity contribution in [1.82, 2.24) is 4.98 Å². The first-order valence-electron chi connectivity index (χ1n) is 5.73. The van der Waals surface area contributed by atoms with Crippen LogP contribution in [0.3, 0.4) is 0 Å². The molecule has 0 radical (unpaired) electrons. The van der Waals surface area contributed by atoms with Crippen molar-refractivity contribution < 1.29 is 14.3 Å². The summed E-state index contributed by atoms with van der Waals surface area (Å²) in [6, 6.07) is 4.12. The molecule has 1 aromatic carbocycles. The number of carboxylic acids is 1. The van der Waals surface area contributed by atoms with Gasteiger partial charge in [-0.25, -0.2) is 14.2 Å². The van der Waals surface area contributed by atoms with Crippen LogP contribution in [0.1, 0.15) is 16.1 Å². The molecule has 21 heavy (non-hydrogen) atoms. The van der Waals surface area contributed by atoms with E-state index in [0.29, 0.717) is 0 Å². The van der Waals surface area contributed by atoms with Gasteiger partial charge in [-0.05, 0) is 18.2 Å². The average Bonchev–Trinajstić information content (AvgIpc) is 2.42. The first-order chi connectivity index (χ1) is 9.86. The lowest BCUT2D eigenvalue weighted by molar-refractivity contribution is 0.0691. The van der Waals surface area contributed by atoms with E-state index >= 15 is 0 Å². The van der Waals surface area contributed by atoms with Crippen molar-refractivity contribution in [2.75, 3.05) is 5.73 Å². The van der Waals surface area contributed by atoms with Crippen LogP contribution in [0.15, 0.2) is 18.2 Å². The van der Waals surface area contributed by atoms with Crippen LogP contribution in [-0.4, -0.2) is 16.1 Å². The summed E-state index contributed by atoms with van der Waals surface area (Å²) in [6.07, 6.45) is 0. The summed E-state index contributed by atoms with van der Waals surface area (Å²) in [7, 11) is 0. The Morgan fingerprint density at radius 1 is 1.38 bits per heavy atom. The highest BCUT2D eigenvalue weighted by molar-refractivity contribution is 6.35. The fourth-order valence-corrected chi connectivity index (χ4v) is 2.21. The highest BCUT2D eigenvalue weighted by Crippen LogP contribution is 2.32. The maximum atomic E-state index is 14.4. The zero-order valence-corrected chi connectivity index (χ0v) is 12.0. The Kier molecular flexibility index (Phi) is 4.32. The Labute approximate surface area is 129 Å².